The van der Waals surface area contributed by atoms with Crippen molar-refractivity contribution in [2.24, 2.45) is 0 Å². The van der Waals surface area contributed by atoms with Crippen LogP contribution in [0.4, 0.5) is 10.1 Å². The Morgan fingerprint density at radius 1 is 1.02 bits per heavy atom. The van der Waals surface area contributed by atoms with Crippen molar-refractivity contribution in [3.8, 4) is 23.0 Å². The minimum absolute atomic E-state index is 0.0170. The van der Waals surface area contributed by atoms with Gasteiger partial charge >= 0.3 is 0 Å². The molecule has 0 bridgehead atoms. The Morgan fingerprint density at radius 3 is 2.61 bits per heavy atom. The van der Waals surface area contributed by atoms with Crippen molar-refractivity contribution in [2.75, 3.05) is 58.4 Å². The van der Waals surface area contributed by atoms with Crippen LogP contribution in [0.25, 0.3) is 10.9 Å². The van der Waals surface area contributed by atoms with Crippen LogP contribution in [-0.2, 0) is 16.0 Å². The van der Waals surface area contributed by atoms with Gasteiger partial charge in [-0.25, -0.2) is 4.39 Å². The van der Waals surface area contributed by atoms with E-state index in [4.69, 9.17) is 18.9 Å². The van der Waals surface area contributed by atoms with E-state index in [0.717, 1.165) is 44.8 Å². The summed E-state index contributed by atoms with van der Waals surface area (Å²) in [7, 11) is 1.57. The fourth-order valence-electron chi connectivity index (χ4n) is 4.87. The molecule has 1 amide bonds. The number of nitrogens with zero attached hydrogens (tertiary/aromatic N) is 2. The van der Waals surface area contributed by atoms with Crippen molar-refractivity contribution >= 4 is 22.5 Å². The molecule has 4 aromatic rings. The summed E-state index contributed by atoms with van der Waals surface area (Å²) in [5, 5.41) is 6.32. The summed E-state index contributed by atoms with van der Waals surface area (Å²) >= 11 is 0. The maximum absolute atomic E-state index is 15.1. The number of rotatable bonds is 14. The normalized spacial score (nSPS) is 13.3. The molecule has 0 unspecified atom stereocenters. The Hall–Kier alpha value is -4.67. The van der Waals surface area contributed by atoms with Gasteiger partial charge < -0.3 is 29.6 Å². The largest absolute Gasteiger partial charge is 0.493 e. The summed E-state index contributed by atoms with van der Waals surface area (Å²) in [5.41, 5.74) is 2.22. The van der Waals surface area contributed by atoms with Gasteiger partial charge in [-0.3, -0.25) is 14.7 Å². The molecule has 0 radical (unpaired) electrons. The Balaban J connectivity index is 1.19. The number of methoxy groups -OCH3 is 1. The minimum atomic E-state index is -0.607. The lowest BCUT2D eigenvalue weighted by Gasteiger charge is -2.26. The number of anilines is 1. The van der Waals surface area contributed by atoms with E-state index in [0.29, 0.717) is 53.4 Å². The van der Waals surface area contributed by atoms with Gasteiger partial charge in [0.2, 0.25) is 0 Å². The number of ether oxygens (including phenoxy) is 4. The van der Waals surface area contributed by atoms with Crippen molar-refractivity contribution in [2.45, 2.75) is 12.8 Å². The fraction of sp³-hybridized carbons (Fsp3) is 0.294. The molecular weight excluding hydrogens is 563 g/mol. The van der Waals surface area contributed by atoms with Gasteiger partial charge in [0.1, 0.15) is 5.75 Å². The number of nitrogens with one attached hydrogen (secondary N) is 2. The van der Waals surface area contributed by atoms with Crippen LogP contribution in [0.2, 0.25) is 0 Å². The molecular formula is C34H37FN4O5. The molecule has 1 saturated heterocycles. The molecule has 2 heterocycles. The molecule has 1 fully saturated rings. The van der Waals surface area contributed by atoms with E-state index in [1.54, 1.807) is 37.6 Å². The Bertz CT molecular complexity index is 1580. The fourth-order valence-corrected chi connectivity index (χ4v) is 4.87. The summed E-state index contributed by atoms with van der Waals surface area (Å²) < 4.78 is 38.1. The van der Waals surface area contributed by atoms with Crippen molar-refractivity contribution in [3.05, 3.63) is 96.6 Å². The first kappa shape index (κ1) is 30.8. The maximum atomic E-state index is 15.1. The lowest BCUT2D eigenvalue weighted by atomic mass is 10.1. The summed E-state index contributed by atoms with van der Waals surface area (Å²) in [6, 6.07) is 19.5. The molecule has 3 aromatic carbocycles. The van der Waals surface area contributed by atoms with Crippen LogP contribution in [0.1, 0.15) is 12.0 Å². The number of aromatic nitrogens is 1. The second-order valence-electron chi connectivity index (χ2n) is 10.3. The van der Waals surface area contributed by atoms with E-state index in [2.05, 4.69) is 27.1 Å². The number of pyridine rings is 1. The smallest absolute Gasteiger partial charge is 0.267 e. The van der Waals surface area contributed by atoms with Crippen molar-refractivity contribution in [3.63, 3.8) is 0 Å². The van der Waals surface area contributed by atoms with Gasteiger partial charge in [0, 0.05) is 55.6 Å². The zero-order valence-corrected chi connectivity index (χ0v) is 24.8. The van der Waals surface area contributed by atoms with Gasteiger partial charge in [-0.05, 0) is 42.7 Å². The zero-order valence-electron chi connectivity index (χ0n) is 24.8. The monoisotopic (exact) mass is 600 g/mol. The van der Waals surface area contributed by atoms with Crippen LogP contribution in [0, 0.1) is 5.82 Å². The number of hydrogen-bond donors (Lipinski definition) is 2. The Labute approximate surface area is 256 Å². The first-order valence-corrected chi connectivity index (χ1v) is 14.7. The molecule has 2 N–H and O–H groups in total. The van der Waals surface area contributed by atoms with Gasteiger partial charge in [0.15, 0.2) is 23.1 Å². The number of halogens is 1. The van der Waals surface area contributed by atoms with Crippen molar-refractivity contribution in [1.82, 2.24) is 15.2 Å². The van der Waals surface area contributed by atoms with E-state index in [-0.39, 0.29) is 17.4 Å². The third kappa shape index (κ3) is 8.24. The van der Waals surface area contributed by atoms with Gasteiger partial charge in [-0.1, -0.05) is 36.9 Å². The Morgan fingerprint density at radius 2 is 1.84 bits per heavy atom. The number of carbonyl (C=O) groups excluding carboxylic acids is 1. The first-order valence-electron chi connectivity index (χ1n) is 14.7. The minimum Gasteiger partial charge on any atom is -0.493 e. The Kier molecular flexibility index (Phi) is 10.6. The third-order valence-corrected chi connectivity index (χ3v) is 7.23. The van der Waals surface area contributed by atoms with Gasteiger partial charge in [0.25, 0.3) is 5.91 Å². The zero-order chi connectivity index (χ0) is 30.7. The number of hydrogen-bond acceptors (Lipinski definition) is 8. The number of morpholine rings is 1. The van der Waals surface area contributed by atoms with Crippen LogP contribution in [0.15, 0.2) is 85.2 Å². The van der Waals surface area contributed by atoms with E-state index in [1.165, 1.54) is 12.1 Å². The molecule has 230 valence electrons. The van der Waals surface area contributed by atoms with Crippen molar-refractivity contribution < 1.29 is 28.1 Å². The van der Waals surface area contributed by atoms with Crippen LogP contribution >= 0.6 is 0 Å². The van der Waals surface area contributed by atoms with Gasteiger partial charge in [-0.2, -0.15) is 0 Å². The topological polar surface area (TPSA) is 94.2 Å². The van der Waals surface area contributed by atoms with E-state index < -0.39 is 5.82 Å². The summed E-state index contributed by atoms with van der Waals surface area (Å²) in [6.45, 7) is 9.12. The van der Waals surface area contributed by atoms with Crippen LogP contribution in [-0.4, -0.2) is 68.9 Å². The van der Waals surface area contributed by atoms with E-state index in [1.807, 2.05) is 30.3 Å². The van der Waals surface area contributed by atoms with Crippen LogP contribution < -0.4 is 24.8 Å². The highest BCUT2D eigenvalue weighted by Gasteiger charge is 2.15. The first-order chi connectivity index (χ1) is 21.5. The van der Waals surface area contributed by atoms with Crippen molar-refractivity contribution in [1.29, 1.82) is 0 Å². The lowest BCUT2D eigenvalue weighted by molar-refractivity contribution is -0.117. The van der Waals surface area contributed by atoms with E-state index in [9.17, 15) is 4.79 Å². The average Bonchev–Trinajstić information content (AvgIpc) is 3.05. The number of amides is 1. The highest BCUT2D eigenvalue weighted by molar-refractivity contribution is 5.95. The molecule has 44 heavy (non-hydrogen) atoms. The number of carbonyl (C=O) groups is 1. The lowest BCUT2D eigenvalue weighted by Crippen LogP contribution is -2.37. The third-order valence-electron chi connectivity index (χ3n) is 7.23. The molecule has 10 heteroatoms. The van der Waals surface area contributed by atoms with Crippen LogP contribution in [0.5, 0.6) is 23.0 Å². The standard InChI is InChI=1S/C34H37FN4O5/c1-24(34(40)37-13-11-25-7-4-3-5-8-25)38-26-9-10-31(28(35)21-26)44-30-12-14-36-29-23-33(32(41-2)22-27(29)30)43-18-6-15-39-16-19-42-20-17-39/h3-5,7-10,12,14,21-23,38H,1,6,11,13,15-20H2,2H3,(H,37,40). The average molecular weight is 601 g/mol. The summed E-state index contributed by atoms with van der Waals surface area (Å²) in [6.07, 6.45) is 3.16. The molecule has 1 aromatic heterocycles. The SMILES string of the molecule is C=C(Nc1ccc(Oc2ccnc3cc(OCCCN4CCOCC4)c(OC)cc23)c(F)c1)C(=O)NCCc1ccccc1. The second-order valence-corrected chi connectivity index (χ2v) is 10.3. The summed E-state index contributed by atoms with van der Waals surface area (Å²) in [4.78, 5) is 19.3. The highest BCUT2D eigenvalue weighted by Crippen LogP contribution is 2.38. The highest BCUT2D eigenvalue weighted by atomic mass is 19.1. The maximum Gasteiger partial charge on any atom is 0.267 e. The molecule has 0 saturated carbocycles. The molecule has 0 spiro atoms. The molecule has 1 aliphatic heterocycles. The molecule has 0 atom stereocenters. The molecule has 0 aliphatic carbocycles. The predicted octanol–water partition coefficient (Wildman–Crippen LogP) is 5.56. The number of fused-ring (bicyclic) bond motifs is 1. The van der Waals surface area contributed by atoms with Crippen LogP contribution in [0.3, 0.4) is 0 Å². The van der Waals surface area contributed by atoms with Gasteiger partial charge in [-0.15, -0.1) is 0 Å². The summed E-state index contributed by atoms with van der Waals surface area (Å²) in [5.74, 6) is 0.570. The molecule has 9 nitrogen and oxygen atoms in total. The quantitative estimate of drug-likeness (QED) is 0.144. The number of benzene rings is 3. The van der Waals surface area contributed by atoms with E-state index >= 15 is 4.39 Å². The molecule has 5 rings (SSSR count). The second kappa shape index (κ2) is 15.2. The predicted molar refractivity (Wildman–Crippen MR) is 168 cm³/mol. The van der Waals surface area contributed by atoms with Gasteiger partial charge in [0.05, 0.1) is 38.1 Å². The molecule has 1 aliphatic rings.